The highest BCUT2D eigenvalue weighted by Crippen LogP contribution is 2.10. The van der Waals surface area contributed by atoms with E-state index in [1.807, 2.05) is 0 Å². The molecular formula is C13H18N2O4. The predicted molar refractivity (Wildman–Crippen MR) is 71.2 cm³/mol. The molecular weight excluding hydrogens is 248 g/mol. The van der Waals surface area contributed by atoms with Crippen LogP contribution in [0.1, 0.15) is 24.2 Å². The molecule has 0 aliphatic carbocycles. The SMILES string of the molecule is CC(=O)c1ccc(NC(=O)NCC(C)(O)CO)cc1. The van der Waals surface area contributed by atoms with Crippen LogP contribution in [-0.2, 0) is 0 Å². The molecule has 0 saturated heterocycles. The van der Waals surface area contributed by atoms with Gasteiger partial charge >= 0.3 is 6.03 Å². The van der Waals surface area contributed by atoms with Crippen LogP contribution in [0.5, 0.6) is 0 Å². The fraction of sp³-hybridized carbons (Fsp3) is 0.385. The molecule has 0 radical (unpaired) electrons. The zero-order valence-electron chi connectivity index (χ0n) is 10.9. The fourth-order valence-electron chi connectivity index (χ4n) is 1.29. The standard InChI is InChI=1S/C13H18N2O4/c1-9(17)10-3-5-11(6-4-10)15-12(18)14-7-13(2,19)8-16/h3-6,16,19H,7-8H2,1-2H3,(H2,14,15,18). The van der Waals surface area contributed by atoms with Crippen LogP contribution in [0, 0.1) is 0 Å². The Hall–Kier alpha value is -1.92. The number of hydrogen-bond acceptors (Lipinski definition) is 4. The minimum Gasteiger partial charge on any atom is -0.393 e. The van der Waals surface area contributed by atoms with Gasteiger partial charge in [0, 0.05) is 11.3 Å². The summed E-state index contributed by atoms with van der Waals surface area (Å²) in [5.41, 5.74) is -0.254. The second-order valence-corrected chi connectivity index (χ2v) is 4.60. The average Bonchev–Trinajstić information content (AvgIpc) is 2.37. The van der Waals surface area contributed by atoms with E-state index in [1.165, 1.54) is 13.8 Å². The smallest absolute Gasteiger partial charge is 0.319 e. The maximum atomic E-state index is 11.5. The zero-order chi connectivity index (χ0) is 14.5. The van der Waals surface area contributed by atoms with Crippen molar-refractivity contribution in [2.75, 3.05) is 18.5 Å². The van der Waals surface area contributed by atoms with Gasteiger partial charge in [0.25, 0.3) is 0 Å². The summed E-state index contributed by atoms with van der Waals surface area (Å²) in [6.45, 7) is 2.36. The number of urea groups is 1. The monoisotopic (exact) mass is 266 g/mol. The molecule has 0 aliphatic heterocycles. The summed E-state index contributed by atoms with van der Waals surface area (Å²) in [7, 11) is 0. The number of carbonyl (C=O) groups excluding carboxylic acids is 2. The summed E-state index contributed by atoms with van der Waals surface area (Å²) < 4.78 is 0. The van der Waals surface area contributed by atoms with E-state index < -0.39 is 18.2 Å². The van der Waals surface area contributed by atoms with E-state index in [9.17, 15) is 14.7 Å². The van der Waals surface area contributed by atoms with E-state index in [2.05, 4.69) is 10.6 Å². The topological polar surface area (TPSA) is 98.7 Å². The Kier molecular flexibility index (Phi) is 5.02. The van der Waals surface area contributed by atoms with E-state index in [0.29, 0.717) is 11.3 Å². The quantitative estimate of drug-likeness (QED) is 0.591. The van der Waals surface area contributed by atoms with Gasteiger partial charge in [0.1, 0.15) is 5.60 Å². The van der Waals surface area contributed by atoms with Crippen LogP contribution >= 0.6 is 0 Å². The highest BCUT2D eigenvalue weighted by Gasteiger charge is 2.19. The summed E-state index contributed by atoms with van der Waals surface area (Å²) in [4.78, 5) is 22.6. The largest absolute Gasteiger partial charge is 0.393 e. The lowest BCUT2D eigenvalue weighted by atomic mass is 10.1. The number of amides is 2. The van der Waals surface area contributed by atoms with Gasteiger partial charge < -0.3 is 20.8 Å². The number of anilines is 1. The molecule has 0 aromatic heterocycles. The number of hydrogen-bond donors (Lipinski definition) is 4. The van der Waals surface area contributed by atoms with Crippen molar-refractivity contribution in [1.29, 1.82) is 0 Å². The zero-order valence-corrected chi connectivity index (χ0v) is 10.9. The third-order valence-electron chi connectivity index (χ3n) is 2.52. The lowest BCUT2D eigenvalue weighted by Crippen LogP contribution is -2.44. The van der Waals surface area contributed by atoms with Crippen molar-refractivity contribution < 1.29 is 19.8 Å². The van der Waals surface area contributed by atoms with Gasteiger partial charge in [-0.2, -0.15) is 0 Å². The maximum absolute atomic E-state index is 11.5. The normalized spacial score (nSPS) is 13.5. The first-order valence-electron chi connectivity index (χ1n) is 5.83. The van der Waals surface area contributed by atoms with Gasteiger partial charge in [0.2, 0.25) is 0 Å². The Bertz CT molecular complexity index is 454. The van der Waals surface area contributed by atoms with Gasteiger partial charge in [-0.25, -0.2) is 4.79 Å². The van der Waals surface area contributed by atoms with Crippen LogP contribution in [0.4, 0.5) is 10.5 Å². The van der Waals surface area contributed by atoms with Gasteiger partial charge in [-0.3, -0.25) is 4.79 Å². The molecule has 0 saturated carbocycles. The predicted octanol–water partition coefficient (Wildman–Crippen LogP) is 0.754. The molecule has 1 unspecified atom stereocenters. The maximum Gasteiger partial charge on any atom is 0.319 e. The van der Waals surface area contributed by atoms with E-state index in [4.69, 9.17) is 5.11 Å². The number of Topliss-reactive ketones (excluding diaryl/α,β-unsaturated/α-hetero) is 1. The first-order valence-corrected chi connectivity index (χ1v) is 5.83. The van der Waals surface area contributed by atoms with E-state index in [0.717, 1.165) is 0 Å². The van der Waals surface area contributed by atoms with Crippen molar-refractivity contribution in [2.45, 2.75) is 19.4 Å². The highest BCUT2D eigenvalue weighted by atomic mass is 16.3. The van der Waals surface area contributed by atoms with Gasteiger partial charge in [-0.15, -0.1) is 0 Å². The molecule has 19 heavy (non-hydrogen) atoms. The first-order chi connectivity index (χ1) is 8.84. The second kappa shape index (κ2) is 6.31. The van der Waals surface area contributed by atoms with E-state index >= 15 is 0 Å². The molecule has 1 atom stereocenters. The molecule has 6 nitrogen and oxygen atoms in total. The molecule has 0 aliphatic rings. The van der Waals surface area contributed by atoms with Gasteiger partial charge in [0.05, 0.1) is 13.2 Å². The van der Waals surface area contributed by atoms with Crippen LogP contribution in [0.15, 0.2) is 24.3 Å². The molecule has 1 aromatic rings. The van der Waals surface area contributed by atoms with E-state index in [1.54, 1.807) is 24.3 Å². The number of ketones is 1. The Morgan fingerprint density at radius 2 is 1.84 bits per heavy atom. The van der Waals surface area contributed by atoms with Crippen molar-refractivity contribution in [2.24, 2.45) is 0 Å². The van der Waals surface area contributed by atoms with Crippen molar-refractivity contribution >= 4 is 17.5 Å². The molecule has 1 rings (SSSR count). The van der Waals surface area contributed by atoms with Crippen LogP contribution in [0.2, 0.25) is 0 Å². The minimum atomic E-state index is -1.35. The van der Waals surface area contributed by atoms with Gasteiger partial charge in [0.15, 0.2) is 5.78 Å². The van der Waals surface area contributed by atoms with Crippen molar-refractivity contribution in [3.63, 3.8) is 0 Å². The molecule has 1 aromatic carbocycles. The summed E-state index contributed by atoms with van der Waals surface area (Å²) in [6.07, 6.45) is 0. The number of carbonyl (C=O) groups is 2. The number of nitrogens with one attached hydrogen (secondary N) is 2. The highest BCUT2D eigenvalue weighted by molar-refractivity contribution is 5.95. The lowest BCUT2D eigenvalue weighted by molar-refractivity contribution is 0.00514. The van der Waals surface area contributed by atoms with Crippen molar-refractivity contribution in [3.8, 4) is 0 Å². The molecule has 0 bridgehead atoms. The number of aliphatic hydroxyl groups excluding tert-OH is 1. The molecule has 0 spiro atoms. The summed E-state index contributed by atoms with van der Waals surface area (Å²) in [5.74, 6) is -0.0463. The molecule has 104 valence electrons. The Balaban J connectivity index is 2.51. The second-order valence-electron chi connectivity index (χ2n) is 4.60. The molecule has 2 amide bonds. The van der Waals surface area contributed by atoms with Crippen molar-refractivity contribution in [1.82, 2.24) is 5.32 Å². The summed E-state index contributed by atoms with van der Waals surface area (Å²) in [5, 5.41) is 23.3. The Labute approximate surface area is 111 Å². The minimum absolute atomic E-state index is 0.0463. The molecule has 0 fully saturated rings. The van der Waals surface area contributed by atoms with Crippen LogP contribution in [0.25, 0.3) is 0 Å². The Morgan fingerprint density at radius 1 is 1.26 bits per heavy atom. The summed E-state index contributed by atoms with van der Waals surface area (Å²) >= 11 is 0. The van der Waals surface area contributed by atoms with Crippen LogP contribution in [-0.4, -0.2) is 40.8 Å². The number of benzene rings is 1. The Morgan fingerprint density at radius 3 is 2.32 bits per heavy atom. The fourth-order valence-corrected chi connectivity index (χ4v) is 1.29. The van der Waals surface area contributed by atoms with E-state index in [-0.39, 0.29) is 12.3 Å². The van der Waals surface area contributed by atoms with Gasteiger partial charge in [-0.05, 0) is 38.1 Å². The van der Waals surface area contributed by atoms with Crippen molar-refractivity contribution in [3.05, 3.63) is 29.8 Å². The third kappa shape index (κ3) is 5.07. The summed E-state index contributed by atoms with van der Waals surface area (Å²) in [6, 6.07) is 5.95. The van der Waals surface area contributed by atoms with Crippen LogP contribution in [0.3, 0.4) is 0 Å². The number of rotatable bonds is 5. The first kappa shape index (κ1) is 15.1. The molecule has 0 heterocycles. The molecule has 6 heteroatoms. The molecule has 4 N–H and O–H groups in total. The lowest BCUT2D eigenvalue weighted by Gasteiger charge is -2.20. The van der Waals surface area contributed by atoms with Gasteiger partial charge in [-0.1, -0.05) is 0 Å². The number of aliphatic hydroxyl groups is 2. The van der Waals surface area contributed by atoms with Crippen LogP contribution < -0.4 is 10.6 Å². The third-order valence-corrected chi connectivity index (χ3v) is 2.52. The average molecular weight is 266 g/mol.